The smallest absolute Gasteiger partial charge is 0.0241 e. The first-order valence-corrected chi connectivity index (χ1v) is 5.74. The van der Waals surface area contributed by atoms with Gasteiger partial charge in [-0.15, -0.1) is 0 Å². The molecule has 1 nitrogen and oxygen atoms in total. The fourth-order valence-corrected chi connectivity index (χ4v) is 3.16. The highest BCUT2D eigenvalue weighted by molar-refractivity contribution is 5.18. The Morgan fingerprint density at radius 1 is 1.08 bits per heavy atom. The lowest BCUT2D eigenvalue weighted by Gasteiger charge is -2.33. The maximum atomic E-state index is 6.44. The Balaban J connectivity index is 1.96. The minimum Gasteiger partial charge on any atom is -0.324 e. The Morgan fingerprint density at radius 2 is 1.54 bits per heavy atom. The normalized spacial score (nSPS) is 48.9. The second-order valence-corrected chi connectivity index (χ2v) is 6.06. The third-order valence-corrected chi connectivity index (χ3v) is 4.61. The molecule has 0 aromatic carbocycles. The summed E-state index contributed by atoms with van der Waals surface area (Å²) in [6, 6.07) is 0. The van der Waals surface area contributed by atoms with E-state index in [1.807, 2.05) is 0 Å². The fourth-order valence-electron chi connectivity index (χ4n) is 3.16. The molecule has 0 saturated heterocycles. The van der Waals surface area contributed by atoms with Gasteiger partial charge in [0, 0.05) is 5.54 Å². The molecule has 1 heteroatoms. The van der Waals surface area contributed by atoms with Gasteiger partial charge >= 0.3 is 0 Å². The molecule has 0 heterocycles. The highest BCUT2D eigenvalue weighted by atomic mass is 14.9. The van der Waals surface area contributed by atoms with Crippen LogP contribution in [0.3, 0.4) is 0 Å². The number of rotatable bonds is 1. The Hall–Kier alpha value is -0.0400. The fraction of sp³-hybridized carbons (Fsp3) is 1.00. The van der Waals surface area contributed by atoms with E-state index in [4.69, 9.17) is 5.73 Å². The highest BCUT2D eigenvalue weighted by Gasteiger charge is 2.62. The summed E-state index contributed by atoms with van der Waals surface area (Å²) in [5, 5.41) is 0. The maximum absolute atomic E-state index is 6.44. The average molecular weight is 181 g/mol. The predicted molar refractivity (Wildman–Crippen MR) is 56.4 cm³/mol. The van der Waals surface area contributed by atoms with Crippen LogP contribution in [0.15, 0.2) is 0 Å². The molecular formula is C12H23N. The second-order valence-electron chi connectivity index (χ2n) is 6.06. The van der Waals surface area contributed by atoms with Crippen molar-refractivity contribution in [3.05, 3.63) is 0 Å². The molecule has 2 rings (SSSR count). The molecule has 0 bridgehead atoms. The molecule has 2 fully saturated rings. The molecule has 2 aliphatic carbocycles. The summed E-state index contributed by atoms with van der Waals surface area (Å²) in [5.41, 5.74) is 7.07. The van der Waals surface area contributed by atoms with Gasteiger partial charge in [0.1, 0.15) is 0 Å². The summed E-state index contributed by atoms with van der Waals surface area (Å²) in [5.74, 6) is 1.76. The molecule has 2 aliphatic rings. The SMILES string of the molecule is CC1CCC(C2(N)CC2(C)C)CC1. The van der Waals surface area contributed by atoms with Crippen LogP contribution in [0.5, 0.6) is 0 Å². The van der Waals surface area contributed by atoms with Crippen LogP contribution in [0.1, 0.15) is 52.9 Å². The Morgan fingerprint density at radius 3 is 1.92 bits per heavy atom. The molecule has 0 radical (unpaired) electrons. The van der Waals surface area contributed by atoms with Gasteiger partial charge in [0.25, 0.3) is 0 Å². The van der Waals surface area contributed by atoms with Crippen LogP contribution in [-0.4, -0.2) is 5.54 Å². The molecule has 1 unspecified atom stereocenters. The molecule has 0 amide bonds. The molecule has 2 N–H and O–H groups in total. The van der Waals surface area contributed by atoms with Crippen LogP contribution in [0.4, 0.5) is 0 Å². The third-order valence-electron chi connectivity index (χ3n) is 4.61. The van der Waals surface area contributed by atoms with Crippen LogP contribution < -0.4 is 5.73 Å². The maximum Gasteiger partial charge on any atom is 0.0241 e. The van der Waals surface area contributed by atoms with E-state index in [1.165, 1.54) is 32.1 Å². The van der Waals surface area contributed by atoms with Crippen molar-refractivity contribution in [3.8, 4) is 0 Å². The van der Waals surface area contributed by atoms with Crippen LogP contribution >= 0.6 is 0 Å². The number of nitrogens with two attached hydrogens (primary N) is 1. The first-order valence-electron chi connectivity index (χ1n) is 5.74. The Labute approximate surface area is 82.1 Å². The molecule has 2 saturated carbocycles. The van der Waals surface area contributed by atoms with Crippen molar-refractivity contribution in [2.24, 2.45) is 23.0 Å². The zero-order chi connectivity index (χ0) is 9.69. The highest BCUT2D eigenvalue weighted by Crippen LogP contribution is 2.60. The van der Waals surface area contributed by atoms with E-state index < -0.39 is 0 Å². The predicted octanol–water partition coefficient (Wildman–Crippen LogP) is 2.94. The van der Waals surface area contributed by atoms with E-state index in [1.54, 1.807) is 0 Å². The molecular weight excluding hydrogens is 158 g/mol. The molecule has 0 spiro atoms. The van der Waals surface area contributed by atoms with Crippen LogP contribution in [0.2, 0.25) is 0 Å². The summed E-state index contributed by atoms with van der Waals surface area (Å²) in [6.45, 7) is 7.02. The van der Waals surface area contributed by atoms with Gasteiger partial charge in [0.2, 0.25) is 0 Å². The lowest BCUT2D eigenvalue weighted by molar-refractivity contribution is 0.219. The summed E-state index contributed by atoms with van der Waals surface area (Å²) in [7, 11) is 0. The van der Waals surface area contributed by atoms with Gasteiger partial charge in [-0.2, -0.15) is 0 Å². The first kappa shape index (κ1) is 9.51. The van der Waals surface area contributed by atoms with Crippen LogP contribution in [0, 0.1) is 17.3 Å². The topological polar surface area (TPSA) is 26.0 Å². The molecule has 76 valence electrons. The van der Waals surface area contributed by atoms with Crippen molar-refractivity contribution < 1.29 is 0 Å². The van der Waals surface area contributed by atoms with Crippen molar-refractivity contribution in [3.63, 3.8) is 0 Å². The van der Waals surface area contributed by atoms with E-state index in [-0.39, 0.29) is 5.54 Å². The van der Waals surface area contributed by atoms with Crippen LogP contribution in [-0.2, 0) is 0 Å². The van der Waals surface area contributed by atoms with Crippen molar-refractivity contribution in [2.75, 3.05) is 0 Å². The zero-order valence-corrected chi connectivity index (χ0v) is 9.27. The number of hydrogen-bond donors (Lipinski definition) is 1. The van der Waals surface area contributed by atoms with Crippen LogP contribution in [0.25, 0.3) is 0 Å². The van der Waals surface area contributed by atoms with Gasteiger partial charge < -0.3 is 5.73 Å². The zero-order valence-electron chi connectivity index (χ0n) is 9.27. The first-order chi connectivity index (χ1) is 5.96. The van der Waals surface area contributed by atoms with Gasteiger partial charge in [0.05, 0.1) is 0 Å². The van der Waals surface area contributed by atoms with E-state index in [0.29, 0.717) is 5.41 Å². The van der Waals surface area contributed by atoms with Gasteiger partial charge in [-0.25, -0.2) is 0 Å². The third kappa shape index (κ3) is 1.41. The van der Waals surface area contributed by atoms with Gasteiger partial charge in [0.15, 0.2) is 0 Å². The van der Waals surface area contributed by atoms with Crippen molar-refractivity contribution in [2.45, 2.75) is 58.4 Å². The van der Waals surface area contributed by atoms with E-state index in [2.05, 4.69) is 20.8 Å². The van der Waals surface area contributed by atoms with Crippen molar-refractivity contribution >= 4 is 0 Å². The summed E-state index contributed by atoms with van der Waals surface area (Å²) >= 11 is 0. The molecule has 1 atom stereocenters. The summed E-state index contributed by atoms with van der Waals surface area (Å²) in [6.07, 6.45) is 6.81. The molecule has 13 heavy (non-hydrogen) atoms. The van der Waals surface area contributed by atoms with E-state index >= 15 is 0 Å². The largest absolute Gasteiger partial charge is 0.324 e. The lowest BCUT2D eigenvalue weighted by atomic mass is 9.76. The molecule has 0 aromatic heterocycles. The quantitative estimate of drug-likeness (QED) is 0.661. The monoisotopic (exact) mass is 181 g/mol. The minimum atomic E-state index is 0.202. The van der Waals surface area contributed by atoms with Crippen molar-refractivity contribution in [1.82, 2.24) is 0 Å². The lowest BCUT2D eigenvalue weighted by Crippen LogP contribution is -2.39. The van der Waals surface area contributed by atoms with Gasteiger partial charge in [-0.1, -0.05) is 33.6 Å². The summed E-state index contributed by atoms with van der Waals surface area (Å²) in [4.78, 5) is 0. The average Bonchev–Trinajstić information content (AvgIpc) is 2.53. The van der Waals surface area contributed by atoms with E-state index in [0.717, 1.165) is 11.8 Å². The Kier molecular flexibility index (Phi) is 1.99. The summed E-state index contributed by atoms with van der Waals surface area (Å²) < 4.78 is 0. The second kappa shape index (κ2) is 2.73. The van der Waals surface area contributed by atoms with Crippen molar-refractivity contribution in [1.29, 1.82) is 0 Å². The minimum absolute atomic E-state index is 0.202. The molecule has 0 aromatic rings. The molecule has 0 aliphatic heterocycles. The standard InChI is InChI=1S/C12H23N/c1-9-4-6-10(7-5-9)12(13)8-11(12,2)3/h9-10H,4-8,13H2,1-3H3. The Bertz CT molecular complexity index is 201. The van der Waals surface area contributed by atoms with Gasteiger partial charge in [-0.05, 0) is 36.5 Å². The number of hydrogen-bond acceptors (Lipinski definition) is 1. The van der Waals surface area contributed by atoms with E-state index in [9.17, 15) is 0 Å². The van der Waals surface area contributed by atoms with Gasteiger partial charge in [-0.3, -0.25) is 0 Å².